The third kappa shape index (κ3) is 1.07. The molecule has 1 aromatic rings. The van der Waals surface area contributed by atoms with Gasteiger partial charge in [-0.05, 0) is 6.92 Å². The lowest BCUT2D eigenvalue weighted by Gasteiger charge is -2.20. The average molecular weight is 215 g/mol. The molecule has 76 valence electrons. The molecule has 0 atom stereocenters. The summed E-state index contributed by atoms with van der Waals surface area (Å²) in [5.74, 6) is 0.277. The second kappa shape index (κ2) is 2.60. The van der Waals surface area contributed by atoms with Crippen molar-refractivity contribution in [1.29, 1.82) is 0 Å². The van der Waals surface area contributed by atoms with E-state index in [0.717, 1.165) is 4.31 Å². The van der Waals surface area contributed by atoms with E-state index in [1.54, 1.807) is 6.92 Å². The number of aryl methyl sites for hydroxylation is 1. The van der Waals surface area contributed by atoms with E-state index in [4.69, 9.17) is 4.42 Å². The second-order valence-corrected chi connectivity index (χ2v) is 5.13. The van der Waals surface area contributed by atoms with E-state index in [2.05, 4.69) is 0 Å². The van der Waals surface area contributed by atoms with E-state index >= 15 is 0 Å². The summed E-state index contributed by atoms with van der Waals surface area (Å²) in [6.45, 7) is 1.65. The number of hydrogen-bond donors (Lipinski definition) is 0. The molecule has 14 heavy (non-hydrogen) atoms. The number of rotatable bonds is 0. The first kappa shape index (κ1) is 9.26. The first-order chi connectivity index (χ1) is 6.43. The van der Waals surface area contributed by atoms with E-state index < -0.39 is 15.9 Å². The fourth-order valence-corrected chi connectivity index (χ4v) is 2.76. The fraction of sp³-hybridized carbons (Fsp3) is 0.375. The monoisotopic (exact) mass is 215 g/mol. The van der Waals surface area contributed by atoms with Crippen LogP contribution < -0.4 is 0 Å². The van der Waals surface area contributed by atoms with Crippen LogP contribution >= 0.6 is 0 Å². The van der Waals surface area contributed by atoms with Crippen LogP contribution in [0.1, 0.15) is 11.5 Å². The maximum Gasteiger partial charge on any atom is 0.269 e. The van der Waals surface area contributed by atoms with Crippen molar-refractivity contribution in [3.63, 3.8) is 0 Å². The minimum absolute atomic E-state index is 0.0128. The van der Waals surface area contributed by atoms with Gasteiger partial charge in [0.1, 0.15) is 16.4 Å². The third-order valence-electron chi connectivity index (χ3n) is 2.19. The third-order valence-corrected chi connectivity index (χ3v) is 4.02. The van der Waals surface area contributed by atoms with Crippen LogP contribution in [0.15, 0.2) is 15.4 Å². The highest BCUT2D eigenvalue weighted by atomic mass is 32.2. The van der Waals surface area contributed by atoms with Crippen LogP contribution in [0.5, 0.6) is 0 Å². The van der Waals surface area contributed by atoms with Gasteiger partial charge in [-0.25, -0.2) is 12.7 Å². The summed E-state index contributed by atoms with van der Waals surface area (Å²) in [7, 11) is -2.41. The number of nitrogens with zero attached hydrogens (tertiary/aromatic N) is 1. The highest BCUT2D eigenvalue weighted by Crippen LogP contribution is 2.28. The Labute approximate surface area is 81.4 Å². The molecule has 0 fully saturated rings. The van der Waals surface area contributed by atoms with E-state index in [-0.39, 0.29) is 17.1 Å². The molecule has 0 saturated carbocycles. The molecule has 0 bridgehead atoms. The lowest BCUT2D eigenvalue weighted by Crippen LogP contribution is -2.38. The number of carbonyl (C=O) groups is 1. The van der Waals surface area contributed by atoms with Gasteiger partial charge < -0.3 is 4.42 Å². The standard InChI is InChI=1S/C8H9NO4S/c1-5-3-7-6(13-5)4-8(10)9(2)14(7,11)12/h3H,4H2,1-2H3. The van der Waals surface area contributed by atoms with Gasteiger partial charge in [0, 0.05) is 13.1 Å². The Morgan fingerprint density at radius 1 is 1.50 bits per heavy atom. The number of carbonyl (C=O) groups excluding carboxylic acids is 1. The minimum Gasteiger partial charge on any atom is -0.464 e. The first-order valence-electron chi connectivity index (χ1n) is 4.04. The smallest absolute Gasteiger partial charge is 0.269 e. The van der Waals surface area contributed by atoms with Crippen LogP contribution in [-0.2, 0) is 21.2 Å². The normalized spacial score (nSPS) is 19.6. The summed E-state index contributed by atoms with van der Waals surface area (Å²) < 4.78 is 29.2. The molecule has 0 saturated heterocycles. The summed E-state index contributed by atoms with van der Waals surface area (Å²) in [5.41, 5.74) is 0. The van der Waals surface area contributed by atoms with Crippen molar-refractivity contribution in [3.05, 3.63) is 17.6 Å². The summed E-state index contributed by atoms with van der Waals surface area (Å²) >= 11 is 0. The molecule has 0 aliphatic carbocycles. The van der Waals surface area contributed by atoms with Gasteiger partial charge in [0.2, 0.25) is 5.91 Å². The zero-order valence-corrected chi connectivity index (χ0v) is 8.59. The molecule has 1 aliphatic rings. The number of amides is 1. The van der Waals surface area contributed by atoms with Crippen LogP contribution in [0.4, 0.5) is 0 Å². The van der Waals surface area contributed by atoms with Gasteiger partial charge in [-0.2, -0.15) is 0 Å². The van der Waals surface area contributed by atoms with E-state index in [1.165, 1.54) is 13.1 Å². The van der Waals surface area contributed by atoms with Crippen LogP contribution in [-0.4, -0.2) is 25.7 Å². The molecule has 6 heteroatoms. The van der Waals surface area contributed by atoms with Crippen molar-refractivity contribution in [2.24, 2.45) is 0 Å². The van der Waals surface area contributed by atoms with Crippen molar-refractivity contribution in [1.82, 2.24) is 4.31 Å². The zero-order valence-electron chi connectivity index (χ0n) is 7.77. The molecule has 1 amide bonds. The zero-order chi connectivity index (χ0) is 10.5. The Kier molecular flexibility index (Phi) is 1.72. The van der Waals surface area contributed by atoms with Crippen LogP contribution in [0, 0.1) is 6.92 Å². The molecular formula is C8H9NO4S. The highest BCUT2D eigenvalue weighted by Gasteiger charge is 2.36. The Hall–Kier alpha value is -1.30. The second-order valence-electron chi connectivity index (χ2n) is 3.19. The number of fused-ring (bicyclic) bond motifs is 1. The number of furan rings is 1. The predicted octanol–water partition coefficient (Wildman–Crippen LogP) is 0.291. The summed E-state index contributed by atoms with van der Waals surface area (Å²) in [6, 6.07) is 1.44. The van der Waals surface area contributed by atoms with Crippen molar-refractivity contribution >= 4 is 15.9 Å². The Bertz CT molecular complexity index is 499. The lowest BCUT2D eigenvalue weighted by molar-refractivity contribution is -0.125. The van der Waals surface area contributed by atoms with Gasteiger partial charge in [-0.1, -0.05) is 0 Å². The number of hydrogen-bond acceptors (Lipinski definition) is 4. The van der Waals surface area contributed by atoms with Crippen LogP contribution in [0.25, 0.3) is 0 Å². The molecule has 0 aromatic carbocycles. The maximum atomic E-state index is 11.7. The number of likely N-dealkylation sites (N-methyl/N-ethyl adjacent to an activating group) is 1. The van der Waals surface area contributed by atoms with E-state index in [9.17, 15) is 13.2 Å². The highest BCUT2D eigenvalue weighted by molar-refractivity contribution is 7.89. The van der Waals surface area contributed by atoms with E-state index in [0.29, 0.717) is 5.76 Å². The SMILES string of the molecule is Cc1cc2c(o1)CC(=O)N(C)S2(=O)=O. The van der Waals surface area contributed by atoms with Crippen LogP contribution in [0.2, 0.25) is 0 Å². The van der Waals surface area contributed by atoms with Crippen molar-refractivity contribution in [2.45, 2.75) is 18.2 Å². The summed E-state index contributed by atoms with van der Waals surface area (Å²) in [5, 5.41) is 0. The molecule has 2 rings (SSSR count). The largest absolute Gasteiger partial charge is 0.464 e. The molecule has 0 unspecified atom stereocenters. The topological polar surface area (TPSA) is 67.6 Å². The molecule has 0 N–H and O–H groups in total. The first-order valence-corrected chi connectivity index (χ1v) is 5.48. The van der Waals surface area contributed by atoms with Gasteiger partial charge in [-0.3, -0.25) is 4.79 Å². The number of sulfonamides is 1. The van der Waals surface area contributed by atoms with Gasteiger partial charge >= 0.3 is 0 Å². The predicted molar refractivity (Wildman–Crippen MR) is 47.1 cm³/mol. The molecule has 2 heterocycles. The van der Waals surface area contributed by atoms with Crippen molar-refractivity contribution < 1.29 is 17.6 Å². The fourth-order valence-electron chi connectivity index (χ4n) is 1.41. The molecule has 1 aromatic heterocycles. The Balaban J connectivity index is 2.71. The average Bonchev–Trinajstić information content (AvgIpc) is 2.44. The maximum absolute atomic E-state index is 11.7. The molecule has 5 nitrogen and oxygen atoms in total. The summed E-state index contributed by atoms with van der Waals surface area (Å²) in [6.07, 6.45) is 0.0128. The molecular weight excluding hydrogens is 206 g/mol. The molecule has 0 radical (unpaired) electrons. The van der Waals surface area contributed by atoms with Crippen molar-refractivity contribution in [3.8, 4) is 0 Å². The Morgan fingerprint density at radius 2 is 2.14 bits per heavy atom. The van der Waals surface area contributed by atoms with E-state index in [1.807, 2.05) is 0 Å². The molecule has 0 spiro atoms. The van der Waals surface area contributed by atoms with Crippen molar-refractivity contribution in [2.75, 3.05) is 7.05 Å². The Morgan fingerprint density at radius 3 is 2.79 bits per heavy atom. The lowest BCUT2D eigenvalue weighted by atomic mass is 10.3. The summed E-state index contributed by atoms with van der Waals surface area (Å²) in [4.78, 5) is 11.4. The van der Waals surface area contributed by atoms with Gasteiger partial charge in [0.15, 0.2) is 0 Å². The van der Waals surface area contributed by atoms with Gasteiger partial charge in [0.25, 0.3) is 10.0 Å². The van der Waals surface area contributed by atoms with Gasteiger partial charge in [0.05, 0.1) is 6.42 Å². The van der Waals surface area contributed by atoms with Gasteiger partial charge in [-0.15, -0.1) is 0 Å². The van der Waals surface area contributed by atoms with Crippen LogP contribution in [0.3, 0.4) is 0 Å². The minimum atomic E-state index is -3.66. The quantitative estimate of drug-likeness (QED) is 0.624. The molecule has 1 aliphatic heterocycles.